The minimum Gasteiger partial charge on any atom is -0.380 e. The van der Waals surface area contributed by atoms with Crippen LogP contribution in [0.15, 0.2) is 35.7 Å². The van der Waals surface area contributed by atoms with Crippen LogP contribution in [0, 0.1) is 0 Å². The molecule has 0 bridgehead atoms. The van der Waals surface area contributed by atoms with Crippen molar-refractivity contribution >= 4 is 34.3 Å². The summed E-state index contributed by atoms with van der Waals surface area (Å²) >= 11 is 7.60. The smallest absolute Gasteiger partial charge is 0.0516 e. The van der Waals surface area contributed by atoms with Crippen LogP contribution in [0.2, 0.25) is 5.02 Å². The summed E-state index contributed by atoms with van der Waals surface area (Å²) in [5.41, 5.74) is 2.50. The van der Waals surface area contributed by atoms with E-state index in [2.05, 4.69) is 34.5 Å². The molecule has 1 aliphatic heterocycles. The normalized spacial score (nSPS) is 14.9. The Balaban J connectivity index is 1.59. The van der Waals surface area contributed by atoms with Crippen molar-refractivity contribution in [3.05, 3.63) is 45.6 Å². The van der Waals surface area contributed by atoms with Crippen molar-refractivity contribution in [2.24, 2.45) is 0 Å². The van der Waals surface area contributed by atoms with Gasteiger partial charge < -0.3 is 10.2 Å². The van der Waals surface area contributed by atoms with Gasteiger partial charge in [-0.1, -0.05) is 11.6 Å². The van der Waals surface area contributed by atoms with E-state index in [1.807, 2.05) is 11.4 Å². The van der Waals surface area contributed by atoms with Crippen LogP contribution in [0.1, 0.15) is 17.7 Å². The number of anilines is 2. The minimum absolute atomic E-state index is 0.825. The predicted octanol–water partition coefficient (Wildman–Crippen LogP) is 4.61. The van der Waals surface area contributed by atoms with Crippen molar-refractivity contribution < 1.29 is 0 Å². The Hall–Kier alpha value is -1.19. The minimum atomic E-state index is 0.825. The Morgan fingerprint density at radius 1 is 1.16 bits per heavy atom. The first-order valence-corrected chi connectivity index (χ1v) is 7.89. The molecule has 0 radical (unpaired) electrons. The summed E-state index contributed by atoms with van der Waals surface area (Å²) in [5, 5.41) is 6.22. The number of thiophene rings is 1. The number of hydrogen-bond donors (Lipinski definition) is 1. The first-order valence-electron chi connectivity index (χ1n) is 6.63. The van der Waals surface area contributed by atoms with Gasteiger partial charge in [-0.05, 0) is 43.2 Å². The van der Waals surface area contributed by atoms with E-state index in [1.165, 1.54) is 36.5 Å². The van der Waals surface area contributed by atoms with Crippen LogP contribution in [0.25, 0.3) is 0 Å². The number of nitrogens with zero attached hydrogens (tertiary/aromatic N) is 1. The first kappa shape index (κ1) is 12.8. The molecular weight excluding hydrogens is 276 g/mol. The fourth-order valence-corrected chi connectivity index (χ4v) is 3.41. The average Bonchev–Trinajstić information content (AvgIpc) is 3.08. The van der Waals surface area contributed by atoms with Crippen molar-refractivity contribution in [3.8, 4) is 0 Å². The average molecular weight is 293 g/mol. The molecule has 1 aromatic heterocycles. The fourth-order valence-electron chi connectivity index (χ4n) is 2.40. The highest BCUT2D eigenvalue weighted by atomic mass is 35.5. The van der Waals surface area contributed by atoms with Gasteiger partial charge in [0.2, 0.25) is 0 Å². The molecule has 3 rings (SSSR count). The molecule has 0 aliphatic carbocycles. The van der Waals surface area contributed by atoms with Crippen molar-refractivity contribution in [1.29, 1.82) is 0 Å². The second kappa shape index (κ2) is 5.85. The lowest BCUT2D eigenvalue weighted by atomic mass is 10.2. The van der Waals surface area contributed by atoms with Crippen LogP contribution in [0.3, 0.4) is 0 Å². The third kappa shape index (κ3) is 3.23. The Bertz CT molecular complexity index is 529. The summed E-state index contributed by atoms with van der Waals surface area (Å²) in [7, 11) is 0. The molecule has 1 aliphatic rings. The van der Waals surface area contributed by atoms with Gasteiger partial charge in [0.05, 0.1) is 5.02 Å². The Kier molecular flexibility index (Phi) is 3.95. The molecule has 0 spiro atoms. The lowest BCUT2D eigenvalue weighted by Crippen LogP contribution is -2.17. The maximum atomic E-state index is 5.91. The highest BCUT2D eigenvalue weighted by Crippen LogP contribution is 2.23. The summed E-state index contributed by atoms with van der Waals surface area (Å²) in [4.78, 5) is 3.71. The molecule has 1 saturated heterocycles. The summed E-state index contributed by atoms with van der Waals surface area (Å²) in [5.74, 6) is 0. The molecule has 1 N–H and O–H groups in total. The third-order valence-corrected chi connectivity index (χ3v) is 4.71. The molecule has 1 fully saturated rings. The van der Waals surface area contributed by atoms with Gasteiger partial charge in [-0.25, -0.2) is 0 Å². The monoisotopic (exact) mass is 292 g/mol. The van der Waals surface area contributed by atoms with E-state index < -0.39 is 0 Å². The SMILES string of the molecule is Clc1csc(CNc2ccc(N3CCCC3)cc2)c1. The first-order chi connectivity index (χ1) is 9.31. The molecule has 1 aromatic carbocycles. The summed E-state index contributed by atoms with van der Waals surface area (Å²) < 4.78 is 0. The fraction of sp³-hybridized carbons (Fsp3) is 0.333. The quantitative estimate of drug-likeness (QED) is 0.885. The largest absolute Gasteiger partial charge is 0.380 e. The molecule has 0 saturated carbocycles. The molecule has 2 aromatic rings. The lowest BCUT2D eigenvalue weighted by Gasteiger charge is -2.17. The number of halogens is 1. The van der Waals surface area contributed by atoms with Gasteiger partial charge in [-0.2, -0.15) is 0 Å². The Morgan fingerprint density at radius 2 is 1.89 bits per heavy atom. The molecular formula is C15H17ClN2S. The second-order valence-electron chi connectivity index (χ2n) is 4.83. The molecule has 100 valence electrons. The molecule has 2 heterocycles. The Morgan fingerprint density at radius 3 is 2.53 bits per heavy atom. The molecule has 0 unspecified atom stereocenters. The van der Waals surface area contributed by atoms with Gasteiger partial charge in [0, 0.05) is 41.3 Å². The zero-order valence-electron chi connectivity index (χ0n) is 10.7. The summed E-state index contributed by atoms with van der Waals surface area (Å²) in [6, 6.07) is 10.7. The topological polar surface area (TPSA) is 15.3 Å². The third-order valence-electron chi connectivity index (χ3n) is 3.43. The van der Waals surface area contributed by atoms with E-state index >= 15 is 0 Å². The highest BCUT2D eigenvalue weighted by molar-refractivity contribution is 7.10. The van der Waals surface area contributed by atoms with E-state index in [1.54, 1.807) is 11.3 Å². The van der Waals surface area contributed by atoms with Crippen LogP contribution in [0.4, 0.5) is 11.4 Å². The lowest BCUT2D eigenvalue weighted by molar-refractivity contribution is 0.949. The van der Waals surface area contributed by atoms with Gasteiger partial charge in [-0.15, -0.1) is 11.3 Å². The molecule has 19 heavy (non-hydrogen) atoms. The maximum absolute atomic E-state index is 5.91. The molecule has 2 nitrogen and oxygen atoms in total. The molecule has 0 amide bonds. The van der Waals surface area contributed by atoms with Gasteiger partial charge in [0.15, 0.2) is 0 Å². The van der Waals surface area contributed by atoms with Crippen molar-refractivity contribution in [2.45, 2.75) is 19.4 Å². The van der Waals surface area contributed by atoms with Crippen molar-refractivity contribution in [3.63, 3.8) is 0 Å². The van der Waals surface area contributed by atoms with Crippen molar-refractivity contribution in [1.82, 2.24) is 0 Å². The summed E-state index contributed by atoms with van der Waals surface area (Å²) in [6.45, 7) is 3.22. The zero-order valence-corrected chi connectivity index (χ0v) is 12.3. The van der Waals surface area contributed by atoms with E-state index in [9.17, 15) is 0 Å². The van der Waals surface area contributed by atoms with E-state index in [4.69, 9.17) is 11.6 Å². The van der Waals surface area contributed by atoms with Crippen molar-refractivity contribution in [2.75, 3.05) is 23.3 Å². The zero-order chi connectivity index (χ0) is 13.1. The second-order valence-corrected chi connectivity index (χ2v) is 6.26. The Labute approximate surface area is 123 Å². The van der Waals surface area contributed by atoms with E-state index in [0.717, 1.165) is 17.3 Å². The van der Waals surface area contributed by atoms with Crippen LogP contribution in [0.5, 0.6) is 0 Å². The van der Waals surface area contributed by atoms with E-state index in [-0.39, 0.29) is 0 Å². The highest BCUT2D eigenvalue weighted by Gasteiger charge is 2.11. The maximum Gasteiger partial charge on any atom is 0.0516 e. The van der Waals surface area contributed by atoms with Gasteiger partial charge >= 0.3 is 0 Å². The number of benzene rings is 1. The van der Waals surface area contributed by atoms with Crippen LogP contribution >= 0.6 is 22.9 Å². The number of rotatable bonds is 4. The van der Waals surface area contributed by atoms with Crippen LogP contribution in [-0.4, -0.2) is 13.1 Å². The summed E-state index contributed by atoms with van der Waals surface area (Å²) in [6.07, 6.45) is 2.64. The molecule has 0 atom stereocenters. The van der Waals surface area contributed by atoms with Gasteiger partial charge in [0.25, 0.3) is 0 Å². The van der Waals surface area contributed by atoms with Crippen LogP contribution in [-0.2, 0) is 6.54 Å². The van der Waals surface area contributed by atoms with Crippen LogP contribution < -0.4 is 10.2 Å². The van der Waals surface area contributed by atoms with Gasteiger partial charge in [0.1, 0.15) is 0 Å². The number of nitrogens with one attached hydrogen (secondary N) is 1. The van der Waals surface area contributed by atoms with E-state index in [0.29, 0.717) is 0 Å². The predicted molar refractivity (Wildman–Crippen MR) is 84.5 cm³/mol. The standard InChI is InChI=1S/C15H17ClN2S/c16-12-9-15(19-11-12)10-17-13-3-5-14(6-4-13)18-7-1-2-8-18/h3-6,9,11,17H,1-2,7-8,10H2. The molecule has 4 heteroatoms. The van der Waals surface area contributed by atoms with Gasteiger partial charge in [-0.3, -0.25) is 0 Å². The number of hydrogen-bond acceptors (Lipinski definition) is 3.